The number of aromatic nitrogens is 1. The molecule has 0 radical (unpaired) electrons. The number of para-hydroxylation sites is 1. The maximum absolute atomic E-state index is 12.4. The average molecular weight is 395 g/mol. The van der Waals surface area contributed by atoms with Gasteiger partial charge in [0.1, 0.15) is 0 Å². The summed E-state index contributed by atoms with van der Waals surface area (Å²) < 4.78 is 0. The van der Waals surface area contributed by atoms with Crippen molar-refractivity contribution in [3.05, 3.63) is 65.3 Å². The summed E-state index contributed by atoms with van der Waals surface area (Å²) in [7, 11) is 0. The van der Waals surface area contributed by atoms with E-state index in [2.05, 4.69) is 26.2 Å². The Kier molecular flexibility index (Phi) is 5.46. The van der Waals surface area contributed by atoms with Crippen LogP contribution in [-0.4, -0.2) is 48.5 Å². The molecule has 1 aromatic heterocycles. The van der Waals surface area contributed by atoms with Gasteiger partial charge >= 0.3 is 0 Å². The van der Waals surface area contributed by atoms with E-state index < -0.39 is 0 Å². The van der Waals surface area contributed by atoms with Crippen molar-refractivity contribution in [1.29, 1.82) is 0 Å². The van der Waals surface area contributed by atoms with Crippen LogP contribution in [0.2, 0.25) is 5.02 Å². The predicted octanol–water partition coefficient (Wildman–Crippen LogP) is 3.96. The molecule has 0 aliphatic carbocycles. The van der Waals surface area contributed by atoms with Gasteiger partial charge in [-0.15, -0.1) is 0 Å². The number of hydrogen-bond acceptors (Lipinski definition) is 4. The summed E-state index contributed by atoms with van der Waals surface area (Å²) in [5, 5.41) is 4.82. The van der Waals surface area contributed by atoms with Crippen molar-refractivity contribution in [2.45, 2.75) is 6.92 Å². The second kappa shape index (κ2) is 8.17. The topological polar surface area (TPSA) is 48.5 Å². The molecule has 144 valence electrons. The van der Waals surface area contributed by atoms with Crippen molar-refractivity contribution >= 4 is 39.8 Å². The van der Waals surface area contributed by atoms with E-state index in [-0.39, 0.29) is 5.91 Å². The van der Waals surface area contributed by atoms with Gasteiger partial charge in [-0.05, 0) is 42.8 Å². The third-order valence-electron chi connectivity index (χ3n) is 5.18. The van der Waals surface area contributed by atoms with Crippen LogP contribution < -0.4 is 10.2 Å². The molecule has 0 spiro atoms. The van der Waals surface area contributed by atoms with Gasteiger partial charge in [0, 0.05) is 54.2 Å². The highest BCUT2D eigenvalue weighted by Crippen LogP contribution is 2.28. The van der Waals surface area contributed by atoms with Crippen LogP contribution in [0, 0.1) is 6.92 Å². The summed E-state index contributed by atoms with van der Waals surface area (Å²) in [6, 6.07) is 15.7. The summed E-state index contributed by atoms with van der Waals surface area (Å²) >= 11 is 6.09. The Morgan fingerprint density at radius 3 is 2.68 bits per heavy atom. The first-order valence-corrected chi connectivity index (χ1v) is 9.85. The minimum Gasteiger partial charge on any atom is -0.368 e. The molecule has 4 rings (SSSR count). The fraction of sp³-hybridized carbons (Fsp3) is 0.273. The highest BCUT2D eigenvalue weighted by molar-refractivity contribution is 6.31. The van der Waals surface area contributed by atoms with Crippen molar-refractivity contribution in [1.82, 2.24) is 9.88 Å². The van der Waals surface area contributed by atoms with Crippen LogP contribution in [0.5, 0.6) is 0 Å². The highest BCUT2D eigenvalue weighted by Gasteiger charge is 2.20. The van der Waals surface area contributed by atoms with Crippen LogP contribution in [0.4, 0.5) is 11.4 Å². The van der Waals surface area contributed by atoms with E-state index in [0.29, 0.717) is 11.6 Å². The fourth-order valence-corrected chi connectivity index (χ4v) is 3.80. The highest BCUT2D eigenvalue weighted by atomic mass is 35.5. The zero-order valence-corrected chi connectivity index (χ0v) is 16.6. The first-order valence-electron chi connectivity index (χ1n) is 9.47. The van der Waals surface area contributed by atoms with E-state index in [1.807, 2.05) is 55.6 Å². The Morgan fingerprint density at radius 1 is 1.11 bits per heavy atom. The molecule has 2 heterocycles. The first-order chi connectivity index (χ1) is 13.6. The molecule has 6 heteroatoms. The zero-order valence-electron chi connectivity index (χ0n) is 15.9. The van der Waals surface area contributed by atoms with Crippen LogP contribution >= 0.6 is 11.6 Å². The van der Waals surface area contributed by atoms with E-state index in [4.69, 9.17) is 11.6 Å². The molecule has 1 aliphatic rings. The SMILES string of the molecule is Cc1ccccc1NC(=O)CN1CCN(c2ccnc3cc(Cl)ccc23)CC1. The average Bonchev–Trinajstić information content (AvgIpc) is 2.70. The second-order valence-electron chi connectivity index (χ2n) is 7.12. The quantitative estimate of drug-likeness (QED) is 0.727. The molecule has 0 atom stereocenters. The van der Waals surface area contributed by atoms with Gasteiger partial charge in [0.25, 0.3) is 0 Å². The summed E-state index contributed by atoms with van der Waals surface area (Å²) in [4.78, 5) is 21.4. The van der Waals surface area contributed by atoms with Crippen LogP contribution in [0.3, 0.4) is 0 Å². The van der Waals surface area contributed by atoms with Gasteiger partial charge in [0.15, 0.2) is 0 Å². The molecule has 2 aromatic carbocycles. The van der Waals surface area contributed by atoms with Gasteiger partial charge in [-0.2, -0.15) is 0 Å². The van der Waals surface area contributed by atoms with E-state index in [1.165, 1.54) is 5.69 Å². The van der Waals surface area contributed by atoms with E-state index in [9.17, 15) is 4.79 Å². The standard InChI is InChI=1S/C22H23ClN4O/c1-16-4-2-3-5-19(16)25-22(28)15-26-10-12-27(13-11-26)21-8-9-24-20-14-17(23)6-7-18(20)21/h2-9,14H,10-13,15H2,1H3,(H,25,28). The molecule has 1 fully saturated rings. The van der Waals surface area contributed by atoms with Crippen molar-refractivity contribution < 1.29 is 4.79 Å². The number of pyridine rings is 1. The number of amides is 1. The zero-order chi connectivity index (χ0) is 19.5. The number of nitrogens with zero attached hydrogens (tertiary/aromatic N) is 3. The van der Waals surface area contributed by atoms with E-state index in [1.54, 1.807) is 0 Å². The molecular formula is C22H23ClN4O. The number of carbonyl (C=O) groups excluding carboxylic acids is 1. The Morgan fingerprint density at radius 2 is 1.89 bits per heavy atom. The molecule has 0 bridgehead atoms. The number of hydrogen-bond donors (Lipinski definition) is 1. The molecular weight excluding hydrogens is 372 g/mol. The largest absolute Gasteiger partial charge is 0.368 e. The van der Waals surface area contributed by atoms with Crippen LogP contribution in [0.25, 0.3) is 10.9 Å². The maximum atomic E-state index is 12.4. The number of aryl methyl sites for hydroxylation is 1. The molecule has 0 unspecified atom stereocenters. The lowest BCUT2D eigenvalue weighted by molar-refractivity contribution is -0.117. The van der Waals surface area contributed by atoms with Crippen molar-refractivity contribution in [2.75, 3.05) is 42.9 Å². The fourth-order valence-electron chi connectivity index (χ4n) is 3.63. The smallest absolute Gasteiger partial charge is 0.238 e. The Bertz CT molecular complexity index is 999. The number of carbonyl (C=O) groups is 1. The monoisotopic (exact) mass is 394 g/mol. The molecule has 1 amide bonds. The molecule has 5 nitrogen and oxygen atoms in total. The van der Waals surface area contributed by atoms with E-state index >= 15 is 0 Å². The Hall–Kier alpha value is -2.63. The molecule has 1 saturated heterocycles. The van der Waals surface area contributed by atoms with Crippen LogP contribution in [-0.2, 0) is 4.79 Å². The van der Waals surface area contributed by atoms with Crippen molar-refractivity contribution in [3.63, 3.8) is 0 Å². The van der Waals surface area contributed by atoms with Crippen LogP contribution in [0.1, 0.15) is 5.56 Å². The summed E-state index contributed by atoms with van der Waals surface area (Å²) in [6.45, 7) is 5.85. The minimum atomic E-state index is 0.0340. The number of nitrogens with one attached hydrogen (secondary N) is 1. The Labute approximate surface area is 169 Å². The third kappa shape index (κ3) is 4.11. The lowest BCUT2D eigenvalue weighted by Gasteiger charge is -2.36. The number of halogens is 1. The number of benzene rings is 2. The summed E-state index contributed by atoms with van der Waals surface area (Å²) in [5.74, 6) is 0.0340. The van der Waals surface area contributed by atoms with Gasteiger partial charge in [0.2, 0.25) is 5.91 Å². The van der Waals surface area contributed by atoms with E-state index in [0.717, 1.165) is 48.3 Å². The van der Waals surface area contributed by atoms with Gasteiger partial charge in [-0.25, -0.2) is 0 Å². The van der Waals surface area contributed by atoms with Gasteiger partial charge in [-0.3, -0.25) is 14.7 Å². The van der Waals surface area contributed by atoms with Gasteiger partial charge in [0.05, 0.1) is 12.1 Å². The molecule has 0 saturated carbocycles. The third-order valence-corrected chi connectivity index (χ3v) is 5.42. The number of rotatable bonds is 4. The molecule has 1 aliphatic heterocycles. The van der Waals surface area contributed by atoms with Crippen LogP contribution in [0.15, 0.2) is 54.7 Å². The predicted molar refractivity (Wildman–Crippen MR) is 115 cm³/mol. The molecule has 3 aromatic rings. The number of fused-ring (bicyclic) bond motifs is 1. The summed E-state index contributed by atoms with van der Waals surface area (Å²) in [6.07, 6.45) is 1.83. The molecule has 28 heavy (non-hydrogen) atoms. The van der Waals surface area contributed by atoms with Gasteiger partial charge in [-0.1, -0.05) is 29.8 Å². The second-order valence-corrected chi connectivity index (χ2v) is 7.55. The lowest BCUT2D eigenvalue weighted by Crippen LogP contribution is -2.48. The summed E-state index contributed by atoms with van der Waals surface area (Å²) in [5.41, 5.74) is 4.04. The number of anilines is 2. The maximum Gasteiger partial charge on any atom is 0.238 e. The molecule has 1 N–H and O–H groups in total. The lowest BCUT2D eigenvalue weighted by atomic mass is 10.1. The first kappa shape index (κ1) is 18.7. The normalized spacial score (nSPS) is 15.0. The Balaban J connectivity index is 1.37. The van der Waals surface area contributed by atoms with Crippen molar-refractivity contribution in [3.8, 4) is 0 Å². The number of piperazine rings is 1. The van der Waals surface area contributed by atoms with Crippen molar-refractivity contribution in [2.24, 2.45) is 0 Å². The minimum absolute atomic E-state index is 0.0340. The van der Waals surface area contributed by atoms with Gasteiger partial charge < -0.3 is 10.2 Å².